The summed E-state index contributed by atoms with van der Waals surface area (Å²) in [6, 6.07) is 21.1. The zero-order valence-electron chi connectivity index (χ0n) is 12.4. The number of nitrogens with zero attached hydrogens (tertiary/aromatic N) is 1. The number of hydrogen-bond donors (Lipinski definition) is 0. The summed E-state index contributed by atoms with van der Waals surface area (Å²) in [7, 11) is 0. The standard InChI is InChI=1S/C19H19NO2/c20-15-18(16-9-3-1-4-10-16)13-7-8-14-22-19(21)17-11-5-2-6-12-17/h1-6,9-12,18H,7-8,13-14H2. The van der Waals surface area contributed by atoms with E-state index in [1.54, 1.807) is 12.1 Å². The maximum atomic E-state index is 11.7. The summed E-state index contributed by atoms with van der Waals surface area (Å²) in [6.45, 7) is 0.390. The Morgan fingerprint density at radius 3 is 2.27 bits per heavy atom. The normalized spacial score (nSPS) is 11.4. The molecule has 2 aromatic carbocycles. The minimum atomic E-state index is -0.291. The van der Waals surface area contributed by atoms with Gasteiger partial charge in [0.1, 0.15) is 0 Å². The van der Waals surface area contributed by atoms with Gasteiger partial charge < -0.3 is 4.74 Å². The fraction of sp³-hybridized carbons (Fsp3) is 0.263. The van der Waals surface area contributed by atoms with Crippen molar-refractivity contribution in [3.63, 3.8) is 0 Å². The Balaban J connectivity index is 1.69. The van der Waals surface area contributed by atoms with Gasteiger partial charge in [0.05, 0.1) is 24.2 Å². The zero-order chi connectivity index (χ0) is 15.6. The number of hydrogen-bond acceptors (Lipinski definition) is 3. The predicted molar refractivity (Wildman–Crippen MR) is 85.4 cm³/mol. The van der Waals surface area contributed by atoms with Crippen LogP contribution in [0.1, 0.15) is 41.1 Å². The molecule has 0 aliphatic carbocycles. The number of carbonyl (C=O) groups is 1. The molecule has 0 radical (unpaired) electrons. The molecule has 0 N–H and O–H groups in total. The van der Waals surface area contributed by atoms with Crippen molar-refractivity contribution in [3.8, 4) is 6.07 Å². The molecule has 1 atom stereocenters. The average molecular weight is 293 g/mol. The van der Waals surface area contributed by atoms with Gasteiger partial charge in [-0.2, -0.15) is 5.26 Å². The van der Waals surface area contributed by atoms with Crippen molar-refractivity contribution in [2.45, 2.75) is 25.2 Å². The molecule has 0 saturated heterocycles. The molecule has 2 rings (SSSR count). The molecule has 0 heterocycles. The topological polar surface area (TPSA) is 50.1 Å². The third kappa shape index (κ3) is 4.75. The molecule has 0 fully saturated rings. The molecule has 0 amide bonds. The highest BCUT2D eigenvalue weighted by atomic mass is 16.5. The van der Waals surface area contributed by atoms with Gasteiger partial charge >= 0.3 is 5.97 Å². The molecule has 0 spiro atoms. The highest BCUT2D eigenvalue weighted by Crippen LogP contribution is 2.20. The third-order valence-electron chi connectivity index (χ3n) is 3.49. The van der Waals surface area contributed by atoms with E-state index in [1.165, 1.54) is 0 Å². The van der Waals surface area contributed by atoms with Gasteiger partial charge in [-0.3, -0.25) is 0 Å². The lowest BCUT2D eigenvalue weighted by molar-refractivity contribution is 0.0497. The highest BCUT2D eigenvalue weighted by Gasteiger charge is 2.10. The maximum Gasteiger partial charge on any atom is 0.338 e. The second kappa shape index (κ2) is 8.63. The first-order valence-electron chi connectivity index (χ1n) is 7.48. The minimum Gasteiger partial charge on any atom is -0.462 e. The van der Waals surface area contributed by atoms with Crippen LogP contribution < -0.4 is 0 Å². The van der Waals surface area contributed by atoms with E-state index in [-0.39, 0.29) is 11.9 Å². The quantitative estimate of drug-likeness (QED) is 0.564. The molecule has 3 nitrogen and oxygen atoms in total. The van der Waals surface area contributed by atoms with Gasteiger partial charge in [0.15, 0.2) is 0 Å². The summed E-state index contributed by atoms with van der Waals surface area (Å²) in [5.74, 6) is -0.383. The van der Waals surface area contributed by atoms with Crippen LogP contribution >= 0.6 is 0 Å². The van der Waals surface area contributed by atoms with E-state index in [0.29, 0.717) is 12.2 Å². The molecule has 2 aromatic rings. The second-order valence-corrected chi connectivity index (χ2v) is 5.09. The molecule has 0 aliphatic heterocycles. The molecule has 0 saturated carbocycles. The summed E-state index contributed by atoms with van der Waals surface area (Å²) in [4.78, 5) is 11.7. The number of unbranched alkanes of at least 4 members (excludes halogenated alkanes) is 1. The van der Waals surface area contributed by atoms with Crippen molar-refractivity contribution in [1.82, 2.24) is 0 Å². The van der Waals surface area contributed by atoms with Crippen LogP contribution in [-0.4, -0.2) is 12.6 Å². The van der Waals surface area contributed by atoms with Crippen LogP contribution in [0.2, 0.25) is 0 Å². The first-order valence-corrected chi connectivity index (χ1v) is 7.48. The number of ether oxygens (including phenoxy) is 1. The SMILES string of the molecule is N#CC(CCCCOC(=O)c1ccccc1)c1ccccc1. The summed E-state index contributed by atoms with van der Waals surface area (Å²) in [5.41, 5.74) is 1.62. The van der Waals surface area contributed by atoms with Gasteiger partial charge in [-0.25, -0.2) is 4.79 Å². The molecular formula is C19H19NO2. The Labute approximate surface area is 131 Å². The van der Waals surface area contributed by atoms with E-state index in [1.807, 2.05) is 48.5 Å². The number of esters is 1. The molecule has 0 bridgehead atoms. The number of benzene rings is 2. The van der Waals surface area contributed by atoms with Crippen LogP contribution in [0.3, 0.4) is 0 Å². The van der Waals surface area contributed by atoms with Crippen molar-refractivity contribution >= 4 is 5.97 Å². The fourth-order valence-corrected chi connectivity index (χ4v) is 2.26. The van der Waals surface area contributed by atoms with Crippen LogP contribution in [0.15, 0.2) is 60.7 Å². The van der Waals surface area contributed by atoms with Crippen molar-refractivity contribution in [1.29, 1.82) is 5.26 Å². The van der Waals surface area contributed by atoms with Gasteiger partial charge in [0, 0.05) is 0 Å². The second-order valence-electron chi connectivity index (χ2n) is 5.09. The third-order valence-corrected chi connectivity index (χ3v) is 3.49. The van der Waals surface area contributed by atoms with E-state index in [2.05, 4.69) is 6.07 Å². The molecule has 112 valence electrons. The van der Waals surface area contributed by atoms with Crippen molar-refractivity contribution in [2.24, 2.45) is 0 Å². The van der Waals surface area contributed by atoms with Crippen LogP contribution in [0.4, 0.5) is 0 Å². The van der Waals surface area contributed by atoms with Crippen molar-refractivity contribution in [3.05, 3.63) is 71.8 Å². The van der Waals surface area contributed by atoms with Gasteiger partial charge in [-0.05, 0) is 37.0 Å². The lowest BCUT2D eigenvalue weighted by Gasteiger charge is -2.09. The number of nitriles is 1. The van der Waals surface area contributed by atoms with Gasteiger partial charge in [-0.15, -0.1) is 0 Å². The Hall–Kier alpha value is -2.60. The lowest BCUT2D eigenvalue weighted by Crippen LogP contribution is -2.06. The van der Waals surface area contributed by atoms with Gasteiger partial charge in [-0.1, -0.05) is 48.5 Å². The predicted octanol–water partition coefficient (Wildman–Crippen LogP) is 4.32. The molecule has 0 aromatic heterocycles. The number of rotatable bonds is 7. The van der Waals surface area contributed by atoms with E-state index in [0.717, 1.165) is 24.8 Å². The largest absolute Gasteiger partial charge is 0.462 e. The van der Waals surface area contributed by atoms with E-state index < -0.39 is 0 Å². The maximum absolute atomic E-state index is 11.7. The number of carbonyl (C=O) groups excluding carboxylic acids is 1. The van der Waals surface area contributed by atoms with Crippen LogP contribution in [0.25, 0.3) is 0 Å². The Kier molecular flexibility index (Phi) is 6.19. The molecular weight excluding hydrogens is 274 g/mol. The Morgan fingerprint density at radius 2 is 1.64 bits per heavy atom. The molecule has 0 aliphatic rings. The first-order chi connectivity index (χ1) is 10.8. The summed E-state index contributed by atoms with van der Waals surface area (Å²) in [5, 5.41) is 9.24. The zero-order valence-corrected chi connectivity index (χ0v) is 12.4. The van der Waals surface area contributed by atoms with E-state index in [9.17, 15) is 10.1 Å². The Morgan fingerprint density at radius 1 is 1.00 bits per heavy atom. The summed E-state index contributed by atoms with van der Waals surface area (Å²) < 4.78 is 5.23. The fourth-order valence-electron chi connectivity index (χ4n) is 2.26. The summed E-state index contributed by atoms with van der Waals surface area (Å²) in [6.07, 6.45) is 2.40. The van der Waals surface area contributed by atoms with Gasteiger partial charge in [0.2, 0.25) is 0 Å². The first kappa shape index (κ1) is 15.8. The molecule has 1 unspecified atom stereocenters. The lowest BCUT2D eigenvalue weighted by atomic mass is 9.95. The monoisotopic (exact) mass is 293 g/mol. The summed E-state index contributed by atoms with van der Waals surface area (Å²) >= 11 is 0. The molecule has 22 heavy (non-hydrogen) atoms. The smallest absolute Gasteiger partial charge is 0.338 e. The van der Waals surface area contributed by atoms with E-state index in [4.69, 9.17) is 4.74 Å². The van der Waals surface area contributed by atoms with E-state index >= 15 is 0 Å². The van der Waals surface area contributed by atoms with Crippen molar-refractivity contribution < 1.29 is 9.53 Å². The van der Waals surface area contributed by atoms with Gasteiger partial charge in [0.25, 0.3) is 0 Å². The average Bonchev–Trinajstić information content (AvgIpc) is 2.59. The highest BCUT2D eigenvalue weighted by molar-refractivity contribution is 5.89. The van der Waals surface area contributed by atoms with Crippen LogP contribution in [0, 0.1) is 11.3 Å². The molecule has 3 heteroatoms. The van der Waals surface area contributed by atoms with Crippen LogP contribution in [-0.2, 0) is 4.74 Å². The Bertz CT molecular complexity index is 617. The van der Waals surface area contributed by atoms with Crippen LogP contribution in [0.5, 0.6) is 0 Å². The minimum absolute atomic E-state index is 0.0916. The van der Waals surface area contributed by atoms with Crippen molar-refractivity contribution in [2.75, 3.05) is 6.61 Å².